The highest BCUT2D eigenvalue weighted by Gasteiger charge is 2.27. The topological polar surface area (TPSA) is 335 Å². The molecule has 6 heterocycles. The minimum absolute atomic E-state index is 0. The van der Waals surface area contributed by atoms with E-state index in [-0.39, 0.29) is 42.7 Å². The lowest BCUT2D eigenvalue weighted by Crippen LogP contribution is -2.50. The Balaban J connectivity index is 0.000000244. The number of nitrogen functional groups attached to an aromatic ring is 3. The molecule has 0 aliphatic carbocycles. The number of hydrogen-bond acceptors (Lipinski definition) is 25. The molecule has 3 aromatic carbocycles. The van der Waals surface area contributed by atoms with Crippen molar-refractivity contribution in [3.05, 3.63) is 84.7 Å². The Morgan fingerprint density at radius 3 is 1.16 bits per heavy atom. The van der Waals surface area contributed by atoms with E-state index in [1.54, 1.807) is 64.4 Å². The van der Waals surface area contributed by atoms with E-state index in [0.29, 0.717) is 154 Å². The third-order valence-electron chi connectivity index (χ3n) is 13.9. The molecule has 0 bridgehead atoms. The zero-order chi connectivity index (χ0) is 69.6. The van der Waals surface area contributed by atoms with Gasteiger partial charge in [-0.1, -0.05) is 129 Å². The zero-order valence-corrected chi connectivity index (χ0v) is 61.0. The number of nitrogens with two attached hydrogens (primary N) is 3. The van der Waals surface area contributed by atoms with Crippen LogP contribution in [-0.4, -0.2) is 232 Å². The highest BCUT2D eigenvalue weighted by atomic mass is 79.9. The Morgan fingerprint density at radius 1 is 0.485 bits per heavy atom. The standard InChI is InChI=1S/C22H31Cl2N7O3.C17H23Cl2N7O.C13H14BrCl2N5O.C10H19NO2.CH4/c1-22(2,3)34-21(32)31-10-8-30(9-11-31)12-14-33-13-7-26-20-27-19(25)18(28-29-20)15-5-4-6-16(23)17(15)24;18-13-3-1-2-12(14(13)19)15-16(20)23-17(25-24-15)22-6-10-27-11-9-26-7-4-21-5-8-26;14-4-6-22-7-5-18-13-19-12(17)11(20-21-13)8-2-1-3-9(15)10(8)16;1-10(2,3)13-9(12)11-7-5-4-6-8-11;/h4-6H,7-14H2,1-3H3,(H3,25,26,27,29);1-3,21H,4-11H2,(H3,20,22,23,25);1-3H,4-7H2,(H3,17,18,19,21);4-8H2,1-3H3;1H4. The monoisotopic (exact) mass is 1530 g/mol. The van der Waals surface area contributed by atoms with Crippen LogP contribution in [0.1, 0.15) is 68.2 Å². The van der Waals surface area contributed by atoms with Crippen LogP contribution < -0.4 is 38.5 Å². The number of piperidine rings is 1. The summed E-state index contributed by atoms with van der Waals surface area (Å²) in [7, 11) is 0. The fourth-order valence-electron chi connectivity index (χ4n) is 9.15. The van der Waals surface area contributed by atoms with Crippen molar-refractivity contribution in [1.29, 1.82) is 0 Å². The number of carbonyl (C=O) groups excluding carboxylic acids is 2. The average Bonchev–Trinajstić information content (AvgIpc) is 0.846. The van der Waals surface area contributed by atoms with Crippen molar-refractivity contribution >= 4 is 133 Å². The summed E-state index contributed by atoms with van der Waals surface area (Å²) in [5.41, 5.74) is 20.1. The largest absolute Gasteiger partial charge is 0.444 e. The number of hydrogen-bond donors (Lipinski definition) is 7. The van der Waals surface area contributed by atoms with E-state index in [4.69, 9.17) is 110 Å². The van der Waals surface area contributed by atoms with E-state index in [1.165, 1.54) is 6.42 Å². The fraction of sp³-hybridized carbons (Fsp3) is 0.540. The van der Waals surface area contributed by atoms with E-state index < -0.39 is 5.60 Å². The van der Waals surface area contributed by atoms with Gasteiger partial charge in [-0.2, -0.15) is 15.0 Å². The van der Waals surface area contributed by atoms with Crippen molar-refractivity contribution < 1.29 is 33.3 Å². The number of benzene rings is 3. The van der Waals surface area contributed by atoms with Gasteiger partial charge in [0.25, 0.3) is 0 Å². The molecule has 27 nitrogen and oxygen atoms in total. The first kappa shape index (κ1) is 81.7. The fourth-order valence-corrected chi connectivity index (χ4v) is 10.5. The third kappa shape index (κ3) is 28.6. The van der Waals surface area contributed by atoms with Crippen LogP contribution in [0.4, 0.5) is 44.9 Å². The molecule has 0 unspecified atom stereocenters. The maximum atomic E-state index is 12.1. The Kier molecular flexibility index (Phi) is 35.5. The summed E-state index contributed by atoms with van der Waals surface area (Å²) < 4.78 is 27.3. The molecule has 0 saturated carbocycles. The van der Waals surface area contributed by atoms with Gasteiger partial charge in [0, 0.05) is 120 Å². The van der Waals surface area contributed by atoms with Gasteiger partial charge >= 0.3 is 12.2 Å². The maximum absolute atomic E-state index is 12.1. The van der Waals surface area contributed by atoms with Gasteiger partial charge in [0.2, 0.25) is 17.8 Å². The van der Waals surface area contributed by atoms with Crippen molar-refractivity contribution in [2.75, 3.05) is 176 Å². The van der Waals surface area contributed by atoms with Crippen LogP contribution in [0, 0.1) is 0 Å². The number of nitrogens with zero attached hydrogens (tertiary/aromatic N) is 13. The molecule has 3 aliphatic rings. The Hall–Kier alpha value is -5.99. The van der Waals surface area contributed by atoms with Crippen LogP contribution in [0.15, 0.2) is 54.6 Å². The third-order valence-corrected chi connectivity index (χ3v) is 16.7. The predicted molar refractivity (Wildman–Crippen MR) is 393 cm³/mol. The number of carbonyl (C=O) groups is 2. The molecule has 2 amide bonds. The molecule has 3 saturated heterocycles. The van der Waals surface area contributed by atoms with Crippen molar-refractivity contribution in [1.82, 2.24) is 70.5 Å². The lowest BCUT2D eigenvalue weighted by Gasteiger charge is -2.35. The quantitative estimate of drug-likeness (QED) is 0.0231. The number of ether oxygens (including phenoxy) is 5. The van der Waals surface area contributed by atoms with E-state index in [2.05, 4.69) is 92.5 Å². The van der Waals surface area contributed by atoms with E-state index >= 15 is 0 Å². The van der Waals surface area contributed by atoms with Gasteiger partial charge in [0.1, 0.15) is 28.3 Å². The molecule has 6 aromatic rings. The first-order valence-electron chi connectivity index (χ1n) is 31.4. The number of likely N-dealkylation sites (tertiary alicyclic amines) is 1. The maximum Gasteiger partial charge on any atom is 0.410 e. The highest BCUT2D eigenvalue weighted by molar-refractivity contribution is 9.09. The number of anilines is 6. The van der Waals surface area contributed by atoms with Crippen LogP contribution >= 0.6 is 85.5 Å². The summed E-state index contributed by atoms with van der Waals surface area (Å²) in [4.78, 5) is 44.5. The van der Waals surface area contributed by atoms with Crippen LogP contribution in [0.5, 0.6) is 0 Å². The van der Waals surface area contributed by atoms with Crippen molar-refractivity contribution in [3.63, 3.8) is 0 Å². The molecule has 0 spiro atoms. The second-order valence-corrected chi connectivity index (χ2v) is 26.8. The molecule has 0 atom stereocenters. The summed E-state index contributed by atoms with van der Waals surface area (Å²) >= 11 is 39.9. The van der Waals surface area contributed by atoms with Crippen molar-refractivity contribution in [3.8, 4) is 33.8 Å². The summed E-state index contributed by atoms with van der Waals surface area (Å²) in [6.07, 6.45) is 3.04. The van der Waals surface area contributed by atoms with Crippen molar-refractivity contribution in [2.45, 2.75) is 79.4 Å². The Labute approximate surface area is 607 Å². The molecule has 9 rings (SSSR count). The molecule has 0 radical (unpaired) electrons. The van der Waals surface area contributed by atoms with Crippen LogP contribution in [0.3, 0.4) is 0 Å². The molecule has 3 aliphatic heterocycles. The molecule has 34 heteroatoms. The van der Waals surface area contributed by atoms with Gasteiger partial charge in [0.05, 0.1) is 69.8 Å². The van der Waals surface area contributed by atoms with Crippen LogP contribution in [0.2, 0.25) is 30.1 Å². The molecule has 534 valence electrons. The number of halogens is 7. The van der Waals surface area contributed by atoms with Gasteiger partial charge in [-0.3, -0.25) is 9.80 Å². The van der Waals surface area contributed by atoms with Crippen LogP contribution in [-0.2, 0) is 23.7 Å². The predicted octanol–water partition coefficient (Wildman–Crippen LogP) is 11.5. The van der Waals surface area contributed by atoms with Crippen LogP contribution in [0.25, 0.3) is 33.8 Å². The molecule has 10 N–H and O–H groups in total. The number of rotatable bonds is 23. The van der Waals surface area contributed by atoms with Gasteiger partial charge in [-0.25, -0.2) is 9.59 Å². The molecule has 3 fully saturated rings. The zero-order valence-electron chi connectivity index (χ0n) is 54.9. The normalized spacial score (nSPS) is 14.3. The number of aromatic nitrogens is 9. The van der Waals surface area contributed by atoms with Gasteiger partial charge in [0.15, 0.2) is 17.5 Å². The second kappa shape index (κ2) is 42.2. The Bertz CT molecular complexity index is 3380. The van der Waals surface area contributed by atoms with E-state index in [0.717, 1.165) is 83.6 Å². The minimum Gasteiger partial charge on any atom is -0.444 e. The van der Waals surface area contributed by atoms with Gasteiger partial charge in [-0.15, -0.1) is 30.6 Å². The molecular formula is C63H91BrCl6N20O7. The second-order valence-electron chi connectivity index (χ2n) is 23.6. The first-order chi connectivity index (χ1) is 45.9. The van der Waals surface area contributed by atoms with Gasteiger partial charge in [-0.05, 0) is 79.0 Å². The minimum atomic E-state index is -0.477. The summed E-state index contributed by atoms with van der Waals surface area (Å²) in [5, 5.41) is 40.0. The number of alkyl halides is 1. The summed E-state index contributed by atoms with van der Waals surface area (Å²) in [5.74, 6) is 1.65. The summed E-state index contributed by atoms with van der Waals surface area (Å²) in [6, 6.07) is 15.7. The molecule has 3 aromatic heterocycles. The number of nitrogens with one attached hydrogen (secondary N) is 4. The average molecular weight is 1530 g/mol. The first-order valence-corrected chi connectivity index (χ1v) is 34.8. The van der Waals surface area contributed by atoms with E-state index in [9.17, 15) is 9.59 Å². The van der Waals surface area contributed by atoms with Gasteiger partial charge < -0.3 is 72.0 Å². The highest BCUT2D eigenvalue weighted by Crippen LogP contribution is 2.37. The molecular weight excluding hydrogens is 1440 g/mol. The van der Waals surface area contributed by atoms with Crippen molar-refractivity contribution in [2.24, 2.45) is 0 Å². The smallest absolute Gasteiger partial charge is 0.410 e. The Morgan fingerprint density at radius 2 is 0.825 bits per heavy atom. The SMILES string of the molecule is C.CC(C)(C)OC(=O)N1CCCCC1.CC(C)(C)OC(=O)N1CCN(CCOCCNc2nnc(-c3cccc(Cl)c3Cl)c(N)n2)CC1.Nc1nc(NCCOCCBr)nnc1-c1cccc(Cl)c1Cl.Nc1nc(NCCOCCN2CCNCC2)nnc1-c1cccc(Cl)c1Cl. The molecule has 97 heavy (non-hydrogen) atoms. The number of piperazine rings is 2. The lowest BCUT2D eigenvalue weighted by molar-refractivity contribution is 0.0117. The number of amides is 2. The summed E-state index contributed by atoms with van der Waals surface area (Å²) in [6.45, 7) is 27.0. The van der Waals surface area contributed by atoms with E-state index in [1.807, 2.05) is 41.5 Å². The lowest BCUT2D eigenvalue weighted by atomic mass is 10.1.